The maximum absolute atomic E-state index is 11.9. The molecule has 0 aliphatic heterocycles. The number of fused-ring (bicyclic) bond motifs is 1. The summed E-state index contributed by atoms with van der Waals surface area (Å²) in [7, 11) is 0. The highest BCUT2D eigenvalue weighted by molar-refractivity contribution is 7.14. The van der Waals surface area contributed by atoms with Gasteiger partial charge in [0.25, 0.3) is 5.91 Å². The molecule has 2 rings (SSSR count). The Bertz CT molecular complexity index is 388. The zero-order valence-electron chi connectivity index (χ0n) is 11.1. The van der Waals surface area contributed by atoms with Crippen LogP contribution in [-0.4, -0.2) is 12.5 Å². The zero-order chi connectivity index (χ0) is 13.0. The first kappa shape index (κ1) is 13.6. The van der Waals surface area contributed by atoms with E-state index in [1.807, 2.05) is 6.07 Å². The summed E-state index contributed by atoms with van der Waals surface area (Å²) in [4.78, 5) is 19.3. The lowest BCUT2D eigenvalue weighted by Gasteiger charge is -2.06. The zero-order valence-corrected chi connectivity index (χ0v) is 11.9. The molecule has 0 unspecified atom stereocenters. The molecule has 0 atom stereocenters. The molecule has 18 heavy (non-hydrogen) atoms. The van der Waals surface area contributed by atoms with E-state index in [0.717, 1.165) is 17.7 Å². The first-order valence-electron chi connectivity index (χ1n) is 6.70. The molecule has 0 radical (unpaired) electrons. The number of aryl methyl sites for hydroxylation is 2. The van der Waals surface area contributed by atoms with Crippen molar-refractivity contribution < 1.29 is 9.63 Å². The monoisotopic (exact) mass is 267 g/mol. The van der Waals surface area contributed by atoms with Crippen molar-refractivity contribution in [3.05, 3.63) is 21.4 Å². The van der Waals surface area contributed by atoms with E-state index in [1.165, 1.54) is 29.7 Å². The maximum atomic E-state index is 11.9. The molecule has 1 aliphatic rings. The van der Waals surface area contributed by atoms with Gasteiger partial charge in [-0.15, -0.1) is 11.3 Å². The van der Waals surface area contributed by atoms with Crippen molar-refractivity contribution in [2.24, 2.45) is 5.92 Å². The highest BCUT2D eigenvalue weighted by Crippen LogP contribution is 2.28. The SMILES string of the molecule is CC(C)CONC(=O)c1cc2c(s1)CCCCC2. The van der Waals surface area contributed by atoms with E-state index in [1.54, 1.807) is 11.3 Å². The Morgan fingerprint density at radius 2 is 2.17 bits per heavy atom. The minimum Gasteiger partial charge on any atom is -0.273 e. The minimum absolute atomic E-state index is 0.103. The lowest BCUT2D eigenvalue weighted by molar-refractivity contribution is 0.0212. The third-order valence-electron chi connectivity index (χ3n) is 3.05. The second kappa shape index (κ2) is 6.34. The lowest BCUT2D eigenvalue weighted by Crippen LogP contribution is -2.24. The van der Waals surface area contributed by atoms with Gasteiger partial charge in [0.15, 0.2) is 0 Å². The molecule has 4 heteroatoms. The molecule has 1 aromatic rings. The van der Waals surface area contributed by atoms with Crippen LogP contribution in [-0.2, 0) is 17.7 Å². The standard InChI is InChI=1S/C14H21NO2S/c1-10(2)9-17-15-14(16)13-8-11-6-4-3-5-7-12(11)18-13/h8,10H,3-7,9H2,1-2H3,(H,15,16). The molecule has 0 spiro atoms. The summed E-state index contributed by atoms with van der Waals surface area (Å²) >= 11 is 1.62. The van der Waals surface area contributed by atoms with Gasteiger partial charge in [-0.1, -0.05) is 20.3 Å². The number of carbonyl (C=O) groups is 1. The third kappa shape index (κ3) is 3.56. The molecule has 1 heterocycles. The van der Waals surface area contributed by atoms with E-state index in [4.69, 9.17) is 4.84 Å². The molecule has 0 aromatic carbocycles. The van der Waals surface area contributed by atoms with Crippen LogP contribution in [0.25, 0.3) is 0 Å². The number of amides is 1. The Kier molecular flexibility index (Phi) is 4.78. The van der Waals surface area contributed by atoms with Gasteiger partial charge in [0.2, 0.25) is 0 Å². The van der Waals surface area contributed by atoms with Crippen molar-refractivity contribution in [1.29, 1.82) is 0 Å². The molecule has 0 bridgehead atoms. The Labute approximate surface area is 112 Å². The van der Waals surface area contributed by atoms with Gasteiger partial charge in [-0.25, -0.2) is 5.48 Å². The summed E-state index contributed by atoms with van der Waals surface area (Å²) in [6.45, 7) is 4.66. The quantitative estimate of drug-likeness (QED) is 0.671. The van der Waals surface area contributed by atoms with Crippen LogP contribution < -0.4 is 5.48 Å². The van der Waals surface area contributed by atoms with E-state index in [9.17, 15) is 4.79 Å². The summed E-state index contributed by atoms with van der Waals surface area (Å²) in [5.41, 5.74) is 3.89. The van der Waals surface area contributed by atoms with Crippen molar-refractivity contribution in [2.75, 3.05) is 6.61 Å². The van der Waals surface area contributed by atoms with Gasteiger partial charge in [0, 0.05) is 4.88 Å². The fourth-order valence-corrected chi connectivity index (χ4v) is 3.24. The average molecular weight is 267 g/mol. The van der Waals surface area contributed by atoms with Crippen molar-refractivity contribution >= 4 is 17.2 Å². The predicted molar refractivity (Wildman–Crippen MR) is 73.8 cm³/mol. The third-order valence-corrected chi connectivity index (χ3v) is 4.29. The van der Waals surface area contributed by atoms with Crippen LogP contribution in [0.4, 0.5) is 0 Å². The molecule has 1 aliphatic carbocycles. The van der Waals surface area contributed by atoms with Gasteiger partial charge in [0.1, 0.15) is 0 Å². The van der Waals surface area contributed by atoms with E-state index in [0.29, 0.717) is 12.5 Å². The Morgan fingerprint density at radius 3 is 2.94 bits per heavy atom. The van der Waals surface area contributed by atoms with E-state index >= 15 is 0 Å². The topological polar surface area (TPSA) is 38.3 Å². The van der Waals surface area contributed by atoms with Crippen LogP contribution in [0.1, 0.15) is 53.2 Å². The highest BCUT2D eigenvalue weighted by Gasteiger charge is 2.16. The molecule has 1 N–H and O–H groups in total. The highest BCUT2D eigenvalue weighted by atomic mass is 32.1. The summed E-state index contributed by atoms with van der Waals surface area (Å²) in [5.74, 6) is 0.319. The second-order valence-electron chi connectivity index (χ2n) is 5.26. The summed E-state index contributed by atoms with van der Waals surface area (Å²) in [6.07, 6.45) is 6.04. The smallest absolute Gasteiger partial charge is 0.273 e. The van der Waals surface area contributed by atoms with Crippen LogP contribution in [0.5, 0.6) is 0 Å². The maximum Gasteiger partial charge on any atom is 0.284 e. The number of hydrogen-bond acceptors (Lipinski definition) is 3. The van der Waals surface area contributed by atoms with Crippen molar-refractivity contribution in [1.82, 2.24) is 5.48 Å². The predicted octanol–water partition coefficient (Wildman–Crippen LogP) is 3.33. The molecule has 0 fully saturated rings. The number of hydroxylamine groups is 1. The van der Waals surface area contributed by atoms with Gasteiger partial charge in [-0.2, -0.15) is 0 Å². The molecular weight excluding hydrogens is 246 g/mol. The molecule has 1 aromatic heterocycles. The molecule has 100 valence electrons. The van der Waals surface area contributed by atoms with Crippen LogP contribution in [0, 0.1) is 5.92 Å². The first-order valence-corrected chi connectivity index (χ1v) is 7.52. The average Bonchev–Trinajstić information content (AvgIpc) is 2.60. The van der Waals surface area contributed by atoms with Gasteiger partial charge in [0.05, 0.1) is 11.5 Å². The van der Waals surface area contributed by atoms with E-state index in [-0.39, 0.29) is 5.91 Å². The van der Waals surface area contributed by atoms with Gasteiger partial charge in [-0.05, 0) is 43.2 Å². The minimum atomic E-state index is -0.103. The van der Waals surface area contributed by atoms with E-state index in [2.05, 4.69) is 19.3 Å². The molecular formula is C14H21NO2S. The fraction of sp³-hybridized carbons (Fsp3) is 0.643. The lowest BCUT2D eigenvalue weighted by atomic mass is 10.1. The Morgan fingerprint density at radius 1 is 1.39 bits per heavy atom. The summed E-state index contributed by atoms with van der Waals surface area (Å²) < 4.78 is 0. The van der Waals surface area contributed by atoms with Gasteiger partial charge >= 0.3 is 0 Å². The van der Waals surface area contributed by atoms with Crippen LogP contribution >= 0.6 is 11.3 Å². The number of nitrogens with one attached hydrogen (secondary N) is 1. The molecule has 0 saturated carbocycles. The Hall–Kier alpha value is -0.870. The molecule has 0 saturated heterocycles. The normalized spacial score (nSPS) is 15.3. The number of thiophene rings is 1. The van der Waals surface area contributed by atoms with Gasteiger partial charge in [-0.3, -0.25) is 9.63 Å². The summed E-state index contributed by atoms with van der Waals surface area (Å²) in [5, 5.41) is 0. The van der Waals surface area contributed by atoms with Crippen LogP contribution in [0.2, 0.25) is 0 Å². The Balaban J connectivity index is 1.94. The summed E-state index contributed by atoms with van der Waals surface area (Å²) in [6, 6.07) is 2.04. The first-order chi connectivity index (χ1) is 8.66. The van der Waals surface area contributed by atoms with Crippen molar-refractivity contribution in [3.8, 4) is 0 Å². The molecule has 1 amide bonds. The fourth-order valence-electron chi connectivity index (χ4n) is 2.10. The van der Waals surface area contributed by atoms with Crippen LogP contribution in [0.15, 0.2) is 6.07 Å². The largest absolute Gasteiger partial charge is 0.284 e. The van der Waals surface area contributed by atoms with Crippen molar-refractivity contribution in [3.63, 3.8) is 0 Å². The number of hydrogen-bond donors (Lipinski definition) is 1. The van der Waals surface area contributed by atoms with E-state index < -0.39 is 0 Å². The van der Waals surface area contributed by atoms with Crippen molar-refractivity contribution in [2.45, 2.75) is 46.0 Å². The van der Waals surface area contributed by atoms with Crippen LogP contribution in [0.3, 0.4) is 0 Å². The number of rotatable bonds is 4. The second-order valence-corrected chi connectivity index (χ2v) is 6.39. The van der Waals surface area contributed by atoms with Gasteiger partial charge < -0.3 is 0 Å². The molecule has 3 nitrogen and oxygen atoms in total. The number of carbonyl (C=O) groups excluding carboxylic acids is 1.